The molecule has 0 spiro atoms. The molecule has 1 aromatic carbocycles. The van der Waals surface area contributed by atoms with Gasteiger partial charge in [0.15, 0.2) is 7.11 Å². The zero-order chi connectivity index (χ0) is 23.3. The number of ketones is 1. The van der Waals surface area contributed by atoms with Gasteiger partial charge in [0.2, 0.25) is 11.7 Å². The minimum Gasteiger partial charge on any atom is -0.493 e. The van der Waals surface area contributed by atoms with Gasteiger partial charge >= 0.3 is 5.97 Å². The largest absolute Gasteiger partial charge is 0.493 e. The second-order valence-corrected chi connectivity index (χ2v) is 3.44. The third-order valence-corrected chi connectivity index (χ3v) is 2.05. The summed E-state index contributed by atoms with van der Waals surface area (Å²) >= 11 is 0. The van der Waals surface area contributed by atoms with Crippen molar-refractivity contribution in [1.29, 1.82) is 0 Å². The number of dihydropyridines is 1. The number of rotatable bonds is 4. The molecule has 0 saturated heterocycles. The van der Waals surface area contributed by atoms with Gasteiger partial charge in [-0.15, -0.1) is 0 Å². The predicted molar refractivity (Wildman–Crippen MR) is 73.2 cm³/mol. The van der Waals surface area contributed by atoms with Crippen molar-refractivity contribution >= 4 is 23.5 Å². The first-order valence-corrected chi connectivity index (χ1v) is 5.19. The van der Waals surface area contributed by atoms with Crippen molar-refractivity contribution in [3.63, 3.8) is 0 Å². The molecule has 1 aliphatic rings. The zero-order valence-corrected chi connectivity index (χ0v) is 9.98. The van der Waals surface area contributed by atoms with Gasteiger partial charge in [-0.2, -0.15) is 0 Å². The van der Waals surface area contributed by atoms with Gasteiger partial charge in [0.05, 0.1) is 11.0 Å². The fourth-order valence-corrected chi connectivity index (χ4v) is 1.23. The number of aliphatic carboxylic acids is 1. The summed E-state index contributed by atoms with van der Waals surface area (Å²) in [6.45, 7) is -3.52. The van der Waals surface area contributed by atoms with Gasteiger partial charge in [-0.05, 0) is 23.7 Å². The monoisotopic (exact) mass is 299 g/mol. The first kappa shape index (κ1) is 6.66. The maximum Gasteiger partial charge on any atom is 0.322 e. The Kier molecular flexibility index (Phi) is 1.90. The summed E-state index contributed by atoms with van der Waals surface area (Å²) in [7, 11) is 0. The second-order valence-electron chi connectivity index (χ2n) is 3.44. The average molecular weight is 299 g/mol. The van der Waals surface area contributed by atoms with Crippen LogP contribution in [0.3, 0.4) is 0 Å². The summed E-state index contributed by atoms with van der Waals surface area (Å²) < 4.78 is 82.0. The highest BCUT2D eigenvalue weighted by molar-refractivity contribution is 6.23. The predicted octanol–water partition coefficient (Wildman–Crippen LogP) is 1.26. The number of hydrogen-bond donors (Lipinski definition) is 3. The van der Waals surface area contributed by atoms with E-state index in [2.05, 4.69) is 4.99 Å². The first-order valence-electron chi connectivity index (χ1n) is 9.64. The Labute approximate surface area is 131 Å². The van der Waals surface area contributed by atoms with Crippen molar-refractivity contribution in [3.05, 3.63) is 53.2 Å². The number of carbonyl (C=O) groups excluding carboxylic acids is 1. The quantitative estimate of drug-likeness (QED) is 0.574. The van der Waals surface area contributed by atoms with E-state index in [4.69, 9.17) is 17.5 Å². The van der Waals surface area contributed by atoms with Crippen LogP contribution in [0.5, 0.6) is 0 Å². The van der Waals surface area contributed by atoms with Crippen molar-refractivity contribution in [2.24, 2.45) is 4.99 Å². The smallest absolute Gasteiger partial charge is 0.322 e. The molecule has 108 valence electrons. The summed E-state index contributed by atoms with van der Waals surface area (Å²) in [6, 6.07) is -5.34. The van der Waals surface area contributed by atoms with Crippen molar-refractivity contribution in [2.45, 2.75) is 0 Å². The van der Waals surface area contributed by atoms with E-state index in [0.29, 0.717) is 0 Å². The van der Waals surface area contributed by atoms with E-state index in [1.165, 1.54) is 0 Å². The Balaban J connectivity index is 2.74. The third-order valence-electron chi connectivity index (χ3n) is 2.05. The molecule has 1 aromatic rings. The Morgan fingerprint density at radius 3 is 3.00 bits per heavy atom. The Hall–Kier alpha value is -2.96. The Morgan fingerprint density at radius 1 is 1.52 bits per heavy atom. The Bertz CT molecular complexity index is 1050. The molecule has 3 N–H and O–H groups in total. The number of carboxylic acid groups (broad SMARTS) is 1. The van der Waals surface area contributed by atoms with E-state index in [9.17, 15) is 19.1 Å². The van der Waals surface area contributed by atoms with E-state index in [0.717, 1.165) is 0 Å². The van der Waals surface area contributed by atoms with Crippen molar-refractivity contribution in [1.82, 2.24) is 5.31 Å². The SMILES string of the molecule is [2H]C1=NC(=C(O)N([2H])C([2H])([2H])C(=O)O)C(=O)C([2H])=C1c1c([2H])c([2H])c([2H])c(F)c1[2H]. The second kappa shape index (κ2) is 6.00. The first-order chi connectivity index (χ1) is 13.7. The number of allylic oxidation sites excluding steroid dienone is 2. The zero-order valence-electron chi connectivity index (χ0n) is 19.0. The van der Waals surface area contributed by atoms with Crippen LogP contribution >= 0.6 is 0 Å². The number of halogens is 1. The molecule has 0 bridgehead atoms. The van der Waals surface area contributed by atoms with Gasteiger partial charge in [0.1, 0.15) is 12.3 Å². The number of carbonyl (C=O) groups is 2. The lowest BCUT2D eigenvalue weighted by Gasteiger charge is -2.10. The fourth-order valence-electron chi connectivity index (χ4n) is 1.23. The number of hydrogen-bond acceptors (Lipinski definition) is 5. The number of aliphatic hydroxyl groups excluding tert-OH is 1. The van der Waals surface area contributed by atoms with Crippen LogP contribution in [0.1, 0.15) is 16.5 Å². The molecule has 6 nitrogen and oxygen atoms in total. The molecule has 1 heterocycles. The van der Waals surface area contributed by atoms with Crippen LogP contribution in [0.4, 0.5) is 4.39 Å². The Morgan fingerprint density at radius 2 is 2.29 bits per heavy atom. The number of nitrogens with zero attached hydrogens (tertiary/aromatic N) is 1. The maximum atomic E-state index is 14.0. The number of nitrogens with one attached hydrogen (secondary N) is 1. The highest BCUT2D eigenvalue weighted by Crippen LogP contribution is 2.20. The highest BCUT2D eigenvalue weighted by atomic mass is 19.1. The highest BCUT2D eigenvalue weighted by Gasteiger charge is 2.18. The molecule has 0 aliphatic carbocycles. The number of benzene rings is 1. The number of aliphatic hydroxyl groups is 1. The van der Waals surface area contributed by atoms with Crippen LogP contribution < -0.4 is 5.31 Å². The topological polar surface area (TPSA) is 99.0 Å². The van der Waals surface area contributed by atoms with E-state index >= 15 is 0 Å². The molecule has 0 amide bonds. The molecule has 0 unspecified atom stereocenters. The fraction of sp³-hybridized carbons (Fsp3) is 0.0714. The molecule has 1 aliphatic heterocycles. The molecule has 21 heavy (non-hydrogen) atoms. The van der Waals surface area contributed by atoms with Gasteiger partial charge in [-0.25, -0.2) is 9.38 Å². The normalized spacial score (nSPS) is 24.1. The molecular formula is C14H11FN2O4. The molecule has 0 radical (unpaired) electrons. The molecule has 2 rings (SSSR count). The van der Waals surface area contributed by atoms with Gasteiger partial charge in [-0.3, -0.25) is 9.59 Å². The van der Waals surface area contributed by atoms with Crippen LogP contribution in [-0.2, 0) is 9.59 Å². The minimum absolute atomic E-state index is 0.611. The summed E-state index contributed by atoms with van der Waals surface area (Å²) in [5, 5.41) is 18.1. The van der Waals surface area contributed by atoms with Crippen molar-refractivity contribution < 1.29 is 36.6 Å². The van der Waals surface area contributed by atoms with Gasteiger partial charge < -0.3 is 15.5 Å². The molecule has 0 saturated carbocycles. The lowest BCUT2D eigenvalue weighted by molar-refractivity contribution is -0.136. The summed E-state index contributed by atoms with van der Waals surface area (Å²) in [4.78, 5) is 26.6. The van der Waals surface area contributed by atoms with Crippen molar-refractivity contribution in [3.8, 4) is 0 Å². The minimum atomic E-state index is -3.52. The summed E-state index contributed by atoms with van der Waals surface area (Å²) in [6.07, 6.45) is -1.08. The van der Waals surface area contributed by atoms with Gasteiger partial charge in [-0.1, -0.05) is 12.1 Å². The molecule has 7 heteroatoms. The lowest BCUT2D eigenvalue weighted by Crippen LogP contribution is -2.24. The maximum absolute atomic E-state index is 14.0. The molecular weight excluding hydrogens is 279 g/mol. The van der Waals surface area contributed by atoms with Gasteiger partial charge in [0.25, 0.3) is 0 Å². The van der Waals surface area contributed by atoms with Gasteiger partial charge in [0, 0.05) is 11.8 Å². The van der Waals surface area contributed by atoms with Crippen molar-refractivity contribution in [2.75, 3.05) is 6.50 Å². The number of aliphatic imine (C=N–C) groups is 1. The van der Waals surface area contributed by atoms with Crippen LogP contribution in [0.2, 0.25) is 1.41 Å². The van der Waals surface area contributed by atoms with E-state index < -0.39 is 88.5 Å². The molecule has 0 atom stereocenters. The molecule has 0 fully saturated rings. The van der Waals surface area contributed by atoms with Crippen LogP contribution in [-0.4, -0.2) is 34.7 Å². The number of carboxylic acids is 1. The average Bonchev–Trinajstić information content (AvgIpc) is 2.68. The van der Waals surface area contributed by atoms with Crippen LogP contribution in [0, 0.1) is 5.82 Å². The third kappa shape index (κ3) is 3.53. The van der Waals surface area contributed by atoms with E-state index in [-0.39, 0.29) is 0 Å². The van der Waals surface area contributed by atoms with E-state index in [1.807, 2.05) is 0 Å². The standard InChI is InChI=1S/C14H11FN2O4/c15-10-3-1-2-8(4-10)9-5-11(18)13(16-6-9)14(21)17-7-12(19)20/h1-6,17,21H,7H2,(H,19,20)/i1D,2D,3D,4D,5D,6D,7D2/hD. The lowest BCUT2D eigenvalue weighted by atomic mass is 10.0. The summed E-state index contributed by atoms with van der Waals surface area (Å²) in [5.74, 6) is -6.91. The van der Waals surface area contributed by atoms with E-state index in [1.54, 1.807) is 0 Å². The summed E-state index contributed by atoms with van der Waals surface area (Å²) in [5.41, 5.74) is -2.95. The van der Waals surface area contributed by atoms with Crippen LogP contribution in [0.15, 0.2) is 46.8 Å². The van der Waals surface area contributed by atoms with Crippen LogP contribution in [0.25, 0.3) is 5.57 Å². The molecule has 0 aromatic heterocycles.